The number of nitrogens with one attached hydrogen (secondary N) is 3. The fraction of sp³-hybridized carbons (Fsp3) is 0.375. The summed E-state index contributed by atoms with van der Waals surface area (Å²) >= 11 is 1.76. The molecule has 2 aromatic carbocycles. The number of benzene rings is 2. The minimum atomic E-state index is -1.19. The molecule has 4 aromatic rings. The van der Waals surface area contributed by atoms with Gasteiger partial charge in [-0.3, -0.25) is 4.79 Å². The first-order valence-corrected chi connectivity index (χ1v) is 15.2. The fourth-order valence-corrected chi connectivity index (χ4v) is 6.22. The van der Waals surface area contributed by atoms with Gasteiger partial charge >= 0.3 is 0 Å². The van der Waals surface area contributed by atoms with Gasteiger partial charge in [0.05, 0.1) is 18.0 Å². The molecule has 1 fully saturated rings. The number of carbonyl (C=O) groups excluding carboxylic acids is 1. The fourth-order valence-electron chi connectivity index (χ4n) is 5.23. The number of hydrogen-bond acceptors (Lipinski definition) is 9. The maximum atomic E-state index is 11.7. The van der Waals surface area contributed by atoms with Gasteiger partial charge in [0.2, 0.25) is 12.3 Å². The summed E-state index contributed by atoms with van der Waals surface area (Å²) in [5, 5.41) is 41.1. The molecule has 1 aliphatic rings. The maximum Gasteiger partial charge on any atom is 0.231 e. The van der Waals surface area contributed by atoms with Crippen molar-refractivity contribution in [1.29, 1.82) is 0 Å². The summed E-state index contributed by atoms with van der Waals surface area (Å²) in [5.41, 5.74) is 0.530. The van der Waals surface area contributed by atoms with Crippen molar-refractivity contribution in [3.8, 4) is 5.75 Å². The Bertz CT molecular complexity index is 1440. The zero-order valence-electron chi connectivity index (χ0n) is 23.5. The Labute approximate surface area is 249 Å². The summed E-state index contributed by atoms with van der Waals surface area (Å²) in [6.07, 6.45) is 6.04. The van der Waals surface area contributed by atoms with Crippen LogP contribution in [-0.2, 0) is 29.8 Å². The molecule has 0 spiro atoms. The van der Waals surface area contributed by atoms with Gasteiger partial charge in [-0.2, -0.15) is 0 Å². The highest BCUT2D eigenvalue weighted by Gasteiger charge is 2.46. The summed E-state index contributed by atoms with van der Waals surface area (Å²) in [4.78, 5) is 17.7. The highest BCUT2D eigenvalue weighted by Crippen LogP contribution is 2.46. The Balaban J connectivity index is 1.03. The van der Waals surface area contributed by atoms with Gasteiger partial charge in [0.1, 0.15) is 11.5 Å². The standard InChI is InChI=1S/C32H38N4O5S/c37-21-36-28-17-22(9-12-29(28)38)30(39)20-34-16-14-26-10-11-27(42-26)19-33-15-13-25-18-35-31(41-25)32(40,24-7-4-8-24)23-5-2-1-3-6-23/h1-3,5-6,9-12,17-18,21,24,30,33-34,38-40H,4,7-8,13-16,19-20H2,(H,36,37)/t30?,32-/m0/s1. The number of carbonyl (C=O) groups is 1. The van der Waals surface area contributed by atoms with Gasteiger partial charge in [-0.25, -0.2) is 4.98 Å². The van der Waals surface area contributed by atoms with E-state index in [1.165, 1.54) is 15.8 Å². The number of aromatic hydroxyl groups is 1. The Hall–Kier alpha value is -3.54. The second-order valence-corrected chi connectivity index (χ2v) is 11.9. The molecule has 1 saturated carbocycles. The maximum absolute atomic E-state index is 11.7. The van der Waals surface area contributed by atoms with E-state index >= 15 is 0 Å². The molecule has 0 bridgehead atoms. The minimum absolute atomic E-state index is 0.0445. The molecular weight excluding hydrogens is 552 g/mol. The van der Waals surface area contributed by atoms with Crippen molar-refractivity contribution in [1.82, 2.24) is 15.6 Å². The SMILES string of the molecule is O=CNc1cc(C(O)CNCCc2ccc(CNCCc3cnc([C@](O)(c4ccccc4)C4CCC4)o3)s2)ccc1O. The number of aromatic nitrogens is 1. The van der Waals surface area contributed by atoms with E-state index in [1.54, 1.807) is 29.7 Å². The van der Waals surface area contributed by atoms with E-state index in [1.807, 2.05) is 30.3 Å². The summed E-state index contributed by atoms with van der Waals surface area (Å²) in [5.74, 6) is 1.23. The van der Waals surface area contributed by atoms with E-state index in [-0.39, 0.29) is 17.4 Å². The van der Waals surface area contributed by atoms with Crippen LogP contribution in [0.2, 0.25) is 0 Å². The van der Waals surface area contributed by atoms with Gasteiger partial charge in [-0.15, -0.1) is 11.3 Å². The Morgan fingerprint density at radius 1 is 1.05 bits per heavy atom. The number of amides is 1. The molecule has 5 rings (SSSR count). The van der Waals surface area contributed by atoms with Crippen LogP contribution in [0.3, 0.4) is 0 Å². The van der Waals surface area contributed by atoms with Crippen LogP contribution in [0.25, 0.3) is 0 Å². The van der Waals surface area contributed by atoms with Crippen molar-refractivity contribution in [2.75, 3.05) is 25.0 Å². The van der Waals surface area contributed by atoms with Crippen LogP contribution >= 0.6 is 11.3 Å². The number of phenolic OH excluding ortho intramolecular Hbond substituents is 1. The van der Waals surface area contributed by atoms with Gasteiger partial charge in [0, 0.05) is 48.3 Å². The molecule has 0 aliphatic heterocycles. The Morgan fingerprint density at radius 3 is 2.60 bits per heavy atom. The number of aliphatic hydroxyl groups is 2. The van der Waals surface area contributed by atoms with Crippen molar-refractivity contribution < 1.29 is 24.5 Å². The normalized spacial score (nSPS) is 15.6. The second-order valence-electron chi connectivity index (χ2n) is 10.7. The molecule has 1 aliphatic carbocycles. The zero-order chi connectivity index (χ0) is 29.4. The van der Waals surface area contributed by atoms with Crippen molar-refractivity contribution in [2.24, 2.45) is 5.92 Å². The number of aliphatic hydroxyl groups excluding tert-OH is 1. The van der Waals surface area contributed by atoms with Crippen LogP contribution in [0.1, 0.15) is 57.9 Å². The molecule has 2 atom stereocenters. The van der Waals surface area contributed by atoms with Crippen LogP contribution in [0.15, 0.2) is 71.3 Å². The van der Waals surface area contributed by atoms with Gasteiger partial charge in [-0.1, -0.05) is 42.8 Å². The third-order valence-corrected chi connectivity index (χ3v) is 9.00. The molecule has 42 heavy (non-hydrogen) atoms. The van der Waals surface area contributed by atoms with E-state index in [2.05, 4.69) is 33.1 Å². The lowest BCUT2D eigenvalue weighted by Gasteiger charge is -2.39. The van der Waals surface area contributed by atoms with Crippen LogP contribution < -0.4 is 16.0 Å². The Morgan fingerprint density at radius 2 is 1.83 bits per heavy atom. The quantitative estimate of drug-likeness (QED) is 0.0647. The number of anilines is 1. The number of oxazole rings is 1. The van der Waals surface area contributed by atoms with E-state index in [0.29, 0.717) is 37.4 Å². The third-order valence-electron chi connectivity index (χ3n) is 7.86. The average molecular weight is 591 g/mol. The summed E-state index contributed by atoms with van der Waals surface area (Å²) in [6, 6.07) is 18.6. The summed E-state index contributed by atoms with van der Waals surface area (Å²) < 4.78 is 6.09. The van der Waals surface area contributed by atoms with Gasteiger partial charge in [0.15, 0.2) is 5.60 Å². The van der Waals surface area contributed by atoms with Crippen molar-refractivity contribution in [2.45, 2.75) is 50.4 Å². The monoisotopic (exact) mass is 590 g/mol. The molecule has 1 amide bonds. The van der Waals surface area contributed by atoms with Gasteiger partial charge in [0.25, 0.3) is 0 Å². The lowest BCUT2D eigenvalue weighted by Crippen LogP contribution is -2.40. The highest BCUT2D eigenvalue weighted by molar-refractivity contribution is 7.11. The number of phenols is 1. The smallest absolute Gasteiger partial charge is 0.231 e. The molecule has 0 radical (unpaired) electrons. The predicted octanol–water partition coefficient (Wildman–Crippen LogP) is 4.24. The topological polar surface area (TPSA) is 140 Å². The number of thiophene rings is 1. The van der Waals surface area contributed by atoms with Gasteiger partial charge < -0.3 is 35.7 Å². The number of nitrogens with zero attached hydrogens (tertiary/aromatic N) is 1. The van der Waals surface area contributed by atoms with Crippen LogP contribution in [0.5, 0.6) is 5.75 Å². The van der Waals surface area contributed by atoms with E-state index in [0.717, 1.165) is 50.1 Å². The second kappa shape index (κ2) is 14.1. The third kappa shape index (κ3) is 7.08. The Kier molecular flexibility index (Phi) is 10.0. The van der Waals surface area contributed by atoms with Crippen LogP contribution in [0, 0.1) is 5.92 Å². The lowest BCUT2D eigenvalue weighted by molar-refractivity contribution is -0.105. The molecule has 222 valence electrons. The van der Waals surface area contributed by atoms with Crippen molar-refractivity contribution in [3.05, 3.63) is 99.4 Å². The highest BCUT2D eigenvalue weighted by atomic mass is 32.1. The van der Waals surface area contributed by atoms with Crippen molar-refractivity contribution >= 4 is 23.4 Å². The molecule has 9 nitrogen and oxygen atoms in total. The average Bonchev–Trinajstić information content (AvgIpc) is 3.64. The van der Waals surface area contributed by atoms with Gasteiger partial charge in [-0.05, 0) is 54.7 Å². The molecule has 6 N–H and O–H groups in total. The lowest BCUT2D eigenvalue weighted by atomic mass is 9.69. The van der Waals surface area contributed by atoms with Crippen molar-refractivity contribution in [3.63, 3.8) is 0 Å². The molecule has 2 aromatic heterocycles. The van der Waals surface area contributed by atoms with Crippen LogP contribution in [0.4, 0.5) is 5.69 Å². The largest absolute Gasteiger partial charge is 0.506 e. The molecular formula is C32H38N4O5S. The minimum Gasteiger partial charge on any atom is -0.506 e. The molecule has 10 heteroatoms. The molecule has 0 saturated heterocycles. The number of rotatable bonds is 16. The number of hydrogen-bond donors (Lipinski definition) is 6. The summed E-state index contributed by atoms with van der Waals surface area (Å²) in [6.45, 7) is 2.56. The molecule has 1 unspecified atom stereocenters. The van der Waals surface area contributed by atoms with Crippen LogP contribution in [-0.4, -0.2) is 46.3 Å². The zero-order valence-corrected chi connectivity index (χ0v) is 24.3. The first-order valence-electron chi connectivity index (χ1n) is 14.4. The van der Waals surface area contributed by atoms with E-state index in [4.69, 9.17) is 4.42 Å². The first kappa shape index (κ1) is 29.9. The predicted molar refractivity (Wildman–Crippen MR) is 162 cm³/mol. The van der Waals surface area contributed by atoms with E-state index in [9.17, 15) is 20.1 Å². The first-order chi connectivity index (χ1) is 20.5. The molecule has 2 heterocycles. The summed E-state index contributed by atoms with van der Waals surface area (Å²) in [7, 11) is 0. The van der Waals surface area contributed by atoms with E-state index < -0.39 is 11.7 Å².